The van der Waals surface area contributed by atoms with Crippen LogP contribution in [0.25, 0.3) is 0 Å². The van der Waals surface area contributed by atoms with Crippen LogP contribution in [0.5, 0.6) is 0 Å². The molecule has 0 aliphatic carbocycles. The molecule has 0 heterocycles. The predicted molar refractivity (Wildman–Crippen MR) is 77.5 cm³/mol. The van der Waals surface area contributed by atoms with Crippen molar-refractivity contribution in [3.63, 3.8) is 0 Å². The summed E-state index contributed by atoms with van der Waals surface area (Å²) in [5, 5.41) is 0. The quantitative estimate of drug-likeness (QED) is 0.189. The Bertz CT molecular complexity index is 503. The highest BCUT2D eigenvalue weighted by atomic mass is 32.2. The molecule has 0 bridgehead atoms. The van der Waals surface area contributed by atoms with Crippen LogP contribution in [0.1, 0.15) is 25.7 Å². The van der Waals surface area contributed by atoms with Gasteiger partial charge in [-0.2, -0.15) is 73.2 Å². The smallest absolute Gasteiger partial charge is 0.240 e. The lowest BCUT2D eigenvalue weighted by Crippen LogP contribution is -2.50. The van der Waals surface area contributed by atoms with Crippen LogP contribution in [0.3, 0.4) is 0 Å². The fourth-order valence-corrected chi connectivity index (χ4v) is 2.96. The number of hydrogen-bond acceptors (Lipinski definition) is 1. The van der Waals surface area contributed by atoms with Crippen molar-refractivity contribution in [2.75, 3.05) is 11.5 Å². The molecule has 0 saturated carbocycles. The van der Waals surface area contributed by atoms with E-state index in [-0.39, 0.29) is 11.8 Å². The molecular weight excluding hydrogens is 504 g/mol. The SMILES string of the molecule is FC(CC(F)(F)F)C(F)(F)C(F)(F)CCSCCC(F)(F)C(F)(F)C(F)CC(F)(F)F. The second-order valence-electron chi connectivity index (χ2n) is 6.34. The van der Waals surface area contributed by atoms with Crippen molar-refractivity contribution in [1.82, 2.24) is 0 Å². The summed E-state index contributed by atoms with van der Waals surface area (Å²) in [6.07, 6.45) is -29.6. The Labute approximate surface area is 168 Å². The Hall–Kier alpha value is -0.770. The summed E-state index contributed by atoms with van der Waals surface area (Å²) in [7, 11) is 0. The normalized spacial score (nSPS) is 17.0. The van der Waals surface area contributed by atoms with Gasteiger partial charge >= 0.3 is 36.0 Å². The van der Waals surface area contributed by atoms with Gasteiger partial charge in [-0.15, -0.1) is 0 Å². The fourth-order valence-electron chi connectivity index (χ4n) is 1.96. The monoisotopic (exact) mass is 518 g/mol. The Morgan fingerprint density at radius 1 is 0.484 bits per heavy atom. The van der Waals surface area contributed by atoms with Gasteiger partial charge in [0, 0.05) is 12.8 Å². The maximum absolute atomic E-state index is 13.3. The van der Waals surface area contributed by atoms with Gasteiger partial charge in [-0.25, -0.2) is 8.78 Å². The molecule has 188 valence electrons. The number of thioether (sulfide) groups is 1. The lowest BCUT2D eigenvalue weighted by atomic mass is 10.0. The molecule has 0 fully saturated rings. The molecule has 0 radical (unpaired) electrons. The zero-order valence-electron chi connectivity index (χ0n) is 14.9. The maximum atomic E-state index is 13.3. The second kappa shape index (κ2) is 10.0. The first-order valence-electron chi connectivity index (χ1n) is 7.97. The third-order valence-electron chi connectivity index (χ3n) is 3.70. The summed E-state index contributed by atoms with van der Waals surface area (Å²) in [4.78, 5) is 0. The third-order valence-corrected chi connectivity index (χ3v) is 4.69. The van der Waals surface area contributed by atoms with Crippen molar-refractivity contribution in [1.29, 1.82) is 0 Å². The molecule has 17 heteroatoms. The van der Waals surface area contributed by atoms with Crippen molar-refractivity contribution in [2.24, 2.45) is 0 Å². The third kappa shape index (κ3) is 8.94. The molecule has 0 amide bonds. The Morgan fingerprint density at radius 2 is 0.742 bits per heavy atom. The minimum atomic E-state index is -5.79. The van der Waals surface area contributed by atoms with E-state index < -0.39 is 85.6 Å². The first kappa shape index (κ1) is 30.2. The summed E-state index contributed by atoms with van der Waals surface area (Å²) in [6, 6.07) is 0. The van der Waals surface area contributed by atoms with Crippen LogP contribution in [0.15, 0.2) is 0 Å². The van der Waals surface area contributed by atoms with Crippen molar-refractivity contribution < 1.29 is 70.2 Å². The van der Waals surface area contributed by atoms with E-state index in [1.54, 1.807) is 0 Å². The van der Waals surface area contributed by atoms with E-state index in [4.69, 9.17) is 0 Å². The molecule has 0 saturated heterocycles. The van der Waals surface area contributed by atoms with Gasteiger partial charge in [0.15, 0.2) is 12.3 Å². The van der Waals surface area contributed by atoms with E-state index in [0.29, 0.717) is 0 Å². The molecular formula is C14H14F16S. The minimum Gasteiger partial charge on any atom is -0.240 e. The number of alkyl halides is 16. The van der Waals surface area contributed by atoms with E-state index in [1.165, 1.54) is 0 Å². The van der Waals surface area contributed by atoms with Gasteiger partial charge in [-0.05, 0) is 11.5 Å². The average molecular weight is 518 g/mol. The summed E-state index contributed by atoms with van der Waals surface area (Å²) in [5.41, 5.74) is 0. The first-order valence-corrected chi connectivity index (χ1v) is 9.12. The Balaban J connectivity index is 4.78. The summed E-state index contributed by atoms with van der Waals surface area (Å²) in [6.45, 7) is 0. The highest BCUT2D eigenvalue weighted by Crippen LogP contribution is 2.46. The van der Waals surface area contributed by atoms with Crippen molar-refractivity contribution >= 4 is 11.8 Å². The number of halogens is 16. The summed E-state index contributed by atoms with van der Waals surface area (Å²) >= 11 is -0.127. The van der Waals surface area contributed by atoms with Gasteiger partial charge in [0.2, 0.25) is 0 Å². The second-order valence-corrected chi connectivity index (χ2v) is 7.57. The van der Waals surface area contributed by atoms with E-state index in [0.717, 1.165) is 0 Å². The summed E-state index contributed by atoms with van der Waals surface area (Å²) in [5.74, 6) is -24.8. The van der Waals surface area contributed by atoms with Crippen LogP contribution in [0, 0.1) is 0 Å². The molecule has 0 aliphatic heterocycles. The predicted octanol–water partition coefficient (Wildman–Crippen LogP) is 7.62. The average Bonchev–Trinajstić information content (AvgIpc) is 2.50. The molecule has 0 spiro atoms. The van der Waals surface area contributed by atoms with Crippen molar-refractivity contribution in [2.45, 2.75) is 74.1 Å². The summed E-state index contributed by atoms with van der Waals surface area (Å²) < 4.78 is 204. The molecule has 0 aromatic rings. The Kier molecular flexibility index (Phi) is 9.77. The van der Waals surface area contributed by atoms with Crippen LogP contribution < -0.4 is 0 Å². The Morgan fingerprint density at radius 3 is 0.968 bits per heavy atom. The van der Waals surface area contributed by atoms with Crippen LogP contribution in [0.2, 0.25) is 0 Å². The minimum absolute atomic E-state index is 0.127. The fraction of sp³-hybridized carbons (Fsp3) is 1.00. The molecule has 0 nitrogen and oxygen atoms in total. The molecule has 2 atom stereocenters. The molecule has 2 unspecified atom stereocenters. The maximum Gasteiger partial charge on any atom is 0.392 e. The molecule has 0 aromatic carbocycles. The van der Waals surface area contributed by atoms with Gasteiger partial charge in [0.1, 0.15) is 0 Å². The molecule has 0 aliphatic rings. The van der Waals surface area contributed by atoms with Crippen LogP contribution in [0.4, 0.5) is 70.2 Å². The topological polar surface area (TPSA) is 0 Å². The standard InChI is InChI=1S/C14H14F16S/c15-7(5-11(21,22)23)13(27,28)9(17,18)1-3-31-4-2-10(19,20)14(29,30)8(16)6-12(24,25)26/h7-8H,1-6H2. The highest BCUT2D eigenvalue weighted by Gasteiger charge is 2.64. The van der Waals surface area contributed by atoms with E-state index in [1.807, 2.05) is 0 Å². The van der Waals surface area contributed by atoms with E-state index in [2.05, 4.69) is 0 Å². The highest BCUT2D eigenvalue weighted by molar-refractivity contribution is 7.99. The molecule has 0 aromatic heterocycles. The number of rotatable bonds is 12. The van der Waals surface area contributed by atoms with Gasteiger partial charge in [0.25, 0.3) is 0 Å². The lowest BCUT2D eigenvalue weighted by molar-refractivity contribution is -0.258. The van der Waals surface area contributed by atoms with Crippen LogP contribution >= 0.6 is 11.8 Å². The zero-order chi connectivity index (χ0) is 25.1. The van der Waals surface area contributed by atoms with Gasteiger partial charge in [-0.1, -0.05) is 0 Å². The lowest BCUT2D eigenvalue weighted by Gasteiger charge is -2.30. The largest absolute Gasteiger partial charge is 0.392 e. The van der Waals surface area contributed by atoms with Crippen LogP contribution in [-0.2, 0) is 0 Å². The zero-order valence-corrected chi connectivity index (χ0v) is 15.7. The van der Waals surface area contributed by atoms with Gasteiger partial charge in [-0.3, -0.25) is 0 Å². The van der Waals surface area contributed by atoms with Crippen LogP contribution in [-0.4, -0.2) is 59.9 Å². The number of hydrogen-bond donors (Lipinski definition) is 0. The molecule has 31 heavy (non-hydrogen) atoms. The van der Waals surface area contributed by atoms with Gasteiger partial charge < -0.3 is 0 Å². The molecule has 0 N–H and O–H groups in total. The van der Waals surface area contributed by atoms with E-state index in [9.17, 15) is 70.2 Å². The van der Waals surface area contributed by atoms with E-state index >= 15 is 0 Å². The van der Waals surface area contributed by atoms with Gasteiger partial charge in [0.05, 0.1) is 12.8 Å². The van der Waals surface area contributed by atoms with Crippen molar-refractivity contribution in [3.05, 3.63) is 0 Å². The van der Waals surface area contributed by atoms with Crippen molar-refractivity contribution in [3.8, 4) is 0 Å². The molecule has 0 rings (SSSR count). The first-order chi connectivity index (χ1) is 13.5.